The fourth-order valence-electron chi connectivity index (χ4n) is 1.03. The van der Waals surface area contributed by atoms with Crippen molar-refractivity contribution in [2.75, 3.05) is 31.0 Å². The standard InChI is InChI=1S/C11H15NO3S/c1-16-6-5-14-11(13)8-15-10-4-2-3-9(12)7-10/h2-4,7H,5-6,8,12H2,1H3. The number of carbonyl (C=O) groups is 1. The average Bonchev–Trinajstić information content (AvgIpc) is 2.27. The molecule has 5 heteroatoms. The highest BCUT2D eigenvalue weighted by Gasteiger charge is 2.03. The van der Waals surface area contributed by atoms with Crippen LogP contribution in [0.15, 0.2) is 24.3 Å². The van der Waals surface area contributed by atoms with Crippen molar-refractivity contribution >= 4 is 23.4 Å². The Morgan fingerprint density at radius 3 is 3.00 bits per heavy atom. The van der Waals surface area contributed by atoms with E-state index in [0.717, 1.165) is 5.75 Å². The molecule has 2 N–H and O–H groups in total. The van der Waals surface area contributed by atoms with E-state index in [0.29, 0.717) is 18.0 Å². The molecular weight excluding hydrogens is 226 g/mol. The second kappa shape index (κ2) is 7.00. The van der Waals surface area contributed by atoms with Gasteiger partial charge in [0.05, 0.1) is 0 Å². The lowest BCUT2D eigenvalue weighted by Gasteiger charge is -2.06. The molecule has 16 heavy (non-hydrogen) atoms. The van der Waals surface area contributed by atoms with Crippen LogP contribution in [0.5, 0.6) is 5.75 Å². The van der Waals surface area contributed by atoms with Gasteiger partial charge < -0.3 is 15.2 Å². The zero-order valence-electron chi connectivity index (χ0n) is 9.14. The Kier molecular flexibility index (Phi) is 5.56. The molecule has 0 aliphatic rings. The molecule has 0 saturated heterocycles. The smallest absolute Gasteiger partial charge is 0.344 e. The fraction of sp³-hybridized carbons (Fsp3) is 0.364. The molecule has 0 fully saturated rings. The van der Waals surface area contributed by atoms with Gasteiger partial charge in [-0.15, -0.1) is 0 Å². The number of hydrogen-bond donors (Lipinski definition) is 1. The van der Waals surface area contributed by atoms with Crippen LogP contribution in [0.3, 0.4) is 0 Å². The summed E-state index contributed by atoms with van der Waals surface area (Å²) >= 11 is 1.63. The number of rotatable bonds is 6. The van der Waals surface area contributed by atoms with Crippen molar-refractivity contribution in [2.24, 2.45) is 0 Å². The Hall–Kier alpha value is -1.36. The molecule has 0 radical (unpaired) electrons. The van der Waals surface area contributed by atoms with Gasteiger partial charge >= 0.3 is 5.97 Å². The van der Waals surface area contributed by atoms with Crippen LogP contribution in [0.25, 0.3) is 0 Å². The zero-order chi connectivity index (χ0) is 11.8. The van der Waals surface area contributed by atoms with Gasteiger partial charge in [-0.2, -0.15) is 11.8 Å². The molecule has 0 spiro atoms. The third-order valence-electron chi connectivity index (χ3n) is 1.77. The maximum atomic E-state index is 11.2. The summed E-state index contributed by atoms with van der Waals surface area (Å²) in [5.41, 5.74) is 6.17. The maximum absolute atomic E-state index is 11.2. The molecule has 0 aliphatic carbocycles. The first kappa shape index (κ1) is 12.7. The lowest BCUT2D eigenvalue weighted by atomic mass is 10.3. The summed E-state index contributed by atoms with van der Waals surface area (Å²) in [6, 6.07) is 6.92. The van der Waals surface area contributed by atoms with Gasteiger partial charge in [-0.3, -0.25) is 0 Å². The Labute approximate surface area is 99.1 Å². The van der Waals surface area contributed by atoms with Crippen molar-refractivity contribution < 1.29 is 14.3 Å². The molecule has 0 atom stereocenters. The zero-order valence-corrected chi connectivity index (χ0v) is 9.96. The molecule has 0 unspecified atom stereocenters. The van der Waals surface area contributed by atoms with E-state index in [9.17, 15) is 4.79 Å². The number of ether oxygens (including phenoxy) is 2. The Morgan fingerprint density at radius 2 is 2.31 bits per heavy atom. The summed E-state index contributed by atoms with van der Waals surface area (Å²) in [6.45, 7) is 0.331. The number of nitrogens with two attached hydrogens (primary N) is 1. The number of hydrogen-bond acceptors (Lipinski definition) is 5. The van der Waals surface area contributed by atoms with Crippen molar-refractivity contribution in [3.8, 4) is 5.75 Å². The Balaban J connectivity index is 2.26. The summed E-state index contributed by atoms with van der Waals surface area (Å²) in [6.07, 6.45) is 1.96. The van der Waals surface area contributed by atoms with E-state index in [4.69, 9.17) is 15.2 Å². The van der Waals surface area contributed by atoms with E-state index >= 15 is 0 Å². The minimum Gasteiger partial charge on any atom is -0.482 e. The van der Waals surface area contributed by atoms with Crippen LogP contribution in [-0.2, 0) is 9.53 Å². The highest BCUT2D eigenvalue weighted by atomic mass is 32.2. The van der Waals surface area contributed by atoms with Gasteiger partial charge in [0, 0.05) is 17.5 Å². The first-order valence-corrected chi connectivity index (χ1v) is 6.24. The van der Waals surface area contributed by atoms with Crippen LogP contribution in [-0.4, -0.2) is 31.2 Å². The molecule has 0 saturated carbocycles. The van der Waals surface area contributed by atoms with Crippen molar-refractivity contribution in [1.29, 1.82) is 0 Å². The predicted molar refractivity (Wildman–Crippen MR) is 65.7 cm³/mol. The number of carbonyl (C=O) groups excluding carboxylic acids is 1. The summed E-state index contributed by atoms with van der Waals surface area (Å²) in [4.78, 5) is 11.2. The van der Waals surface area contributed by atoms with Crippen LogP contribution in [0.2, 0.25) is 0 Å². The average molecular weight is 241 g/mol. The third-order valence-corrected chi connectivity index (χ3v) is 2.34. The molecule has 4 nitrogen and oxygen atoms in total. The van der Waals surface area contributed by atoms with E-state index in [1.54, 1.807) is 36.0 Å². The summed E-state index contributed by atoms with van der Waals surface area (Å²) in [5.74, 6) is 1.00. The van der Waals surface area contributed by atoms with Crippen LogP contribution in [0.4, 0.5) is 5.69 Å². The monoisotopic (exact) mass is 241 g/mol. The second-order valence-corrected chi connectivity index (χ2v) is 4.06. The van der Waals surface area contributed by atoms with Crippen molar-refractivity contribution in [1.82, 2.24) is 0 Å². The molecule has 1 aromatic rings. The number of nitrogen functional groups attached to an aromatic ring is 1. The predicted octanol–water partition coefficient (Wildman–Crippen LogP) is 1.55. The number of benzene rings is 1. The van der Waals surface area contributed by atoms with Crippen molar-refractivity contribution in [2.45, 2.75) is 0 Å². The SMILES string of the molecule is CSCCOC(=O)COc1cccc(N)c1. The Morgan fingerprint density at radius 1 is 1.50 bits per heavy atom. The molecular formula is C11H15NO3S. The van der Waals surface area contributed by atoms with Gasteiger partial charge in [0.2, 0.25) is 0 Å². The number of anilines is 1. The van der Waals surface area contributed by atoms with Crippen LogP contribution >= 0.6 is 11.8 Å². The van der Waals surface area contributed by atoms with Gasteiger partial charge in [0.15, 0.2) is 6.61 Å². The fourth-order valence-corrected chi connectivity index (χ4v) is 1.28. The molecule has 0 bridgehead atoms. The lowest BCUT2D eigenvalue weighted by molar-refractivity contribution is -0.145. The number of thioether (sulfide) groups is 1. The highest BCUT2D eigenvalue weighted by molar-refractivity contribution is 7.98. The minimum absolute atomic E-state index is 0.0855. The first-order valence-electron chi connectivity index (χ1n) is 4.85. The molecule has 0 amide bonds. The quantitative estimate of drug-likeness (QED) is 0.465. The second-order valence-electron chi connectivity index (χ2n) is 3.07. The molecule has 1 aromatic carbocycles. The summed E-state index contributed by atoms with van der Waals surface area (Å²) in [7, 11) is 0. The van der Waals surface area contributed by atoms with E-state index in [-0.39, 0.29) is 12.6 Å². The van der Waals surface area contributed by atoms with Gasteiger partial charge in [0.25, 0.3) is 0 Å². The lowest BCUT2D eigenvalue weighted by Crippen LogP contribution is -2.16. The van der Waals surface area contributed by atoms with Crippen molar-refractivity contribution in [3.05, 3.63) is 24.3 Å². The van der Waals surface area contributed by atoms with Gasteiger partial charge in [-0.25, -0.2) is 4.79 Å². The molecule has 0 aromatic heterocycles. The van der Waals surface area contributed by atoms with Gasteiger partial charge in [-0.1, -0.05) is 6.07 Å². The Bertz CT molecular complexity index is 344. The third kappa shape index (κ3) is 4.93. The van der Waals surface area contributed by atoms with E-state index < -0.39 is 0 Å². The first-order chi connectivity index (χ1) is 7.72. The van der Waals surface area contributed by atoms with Crippen LogP contribution in [0.1, 0.15) is 0 Å². The van der Waals surface area contributed by atoms with E-state index in [2.05, 4.69) is 0 Å². The summed E-state index contributed by atoms with van der Waals surface area (Å²) < 4.78 is 10.1. The van der Waals surface area contributed by atoms with E-state index in [1.807, 2.05) is 6.26 Å². The topological polar surface area (TPSA) is 61.5 Å². The summed E-state index contributed by atoms with van der Waals surface area (Å²) in [5, 5.41) is 0. The molecule has 0 heterocycles. The minimum atomic E-state index is -0.364. The van der Waals surface area contributed by atoms with Gasteiger partial charge in [0.1, 0.15) is 12.4 Å². The van der Waals surface area contributed by atoms with Crippen LogP contribution in [0, 0.1) is 0 Å². The van der Waals surface area contributed by atoms with Gasteiger partial charge in [-0.05, 0) is 18.4 Å². The number of esters is 1. The normalized spacial score (nSPS) is 9.81. The molecule has 1 rings (SSSR count). The molecule has 88 valence electrons. The van der Waals surface area contributed by atoms with E-state index in [1.165, 1.54) is 0 Å². The van der Waals surface area contributed by atoms with Crippen LogP contribution < -0.4 is 10.5 Å². The van der Waals surface area contributed by atoms with Crippen molar-refractivity contribution in [3.63, 3.8) is 0 Å². The maximum Gasteiger partial charge on any atom is 0.344 e. The molecule has 0 aliphatic heterocycles. The highest BCUT2D eigenvalue weighted by Crippen LogP contribution is 2.14. The largest absolute Gasteiger partial charge is 0.482 e.